The summed E-state index contributed by atoms with van der Waals surface area (Å²) in [7, 11) is 0. The molecule has 0 saturated heterocycles. The van der Waals surface area contributed by atoms with E-state index in [1.165, 1.54) is 4.88 Å². The number of ether oxygens (including phenoxy) is 1. The Morgan fingerprint density at radius 2 is 2.30 bits per heavy atom. The standard InChI is InChI=1S/C14H19N3O2S/c1-4-10(11-7-6-8-20-11)17-9(3)16-12(13(17)15)14(18)19-5-2/h6-8,10H,4-5,15H2,1-3H3. The van der Waals surface area contributed by atoms with Gasteiger partial charge in [0.2, 0.25) is 0 Å². The molecule has 2 aromatic rings. The molecule has 0 aliphatic heterocycles. The molecule has 2 N–H and O–H groups in total. The van der Waals surface area contributed by atoms with Crippen LogP contribution in [-0.2, 0) is 4.74 Å². The molecule has 5 nitrogen and oxygen atoms in total. The van der Waals surface area contributed by atoms with Crippen molar-refractivity contribution in [2.45, 2.75) is 33.2 Å². The molecule has 0 amide bonds. The van der Waals surface area contributed by atoms with Crippen molar-refractivity contribution in [3.8, 4) is 0 Å². The van der Waals surface area contributed by atoms with Gasteiger partial charge in [0, 0.05) is 4.88 Å². The Morgan fingerprint density at radius 3 is 2.85 bits per heavy atom. The third-order valence-corrected chi connectivity index (χ3v) is 4.14. The summed E-state index contributed by atoms with van der Waals surface area (Å²) in [5.41, 5.74) is 6.33. The number of nitrogens with two attached hydrogens (primary N) is 1. The van der Waals surface area contributed by atoms with Gasteiger partial charge in [-0.05, 0) is 31.7 Å². The molecule has 1 unspecified atom stereocenters. The number of carbonyl (C=O) groups is 1. The number of aryl methyl sites for hydroxylation is 1. The Bertz CT molecular complexity index is 590. The van der Waals surface area contributed by atoms with Gasteiger partial charge in [-0.3, -0.25) is 0 Å². The highest BCUT2D eigenvalue weighted by atomic mass is 32.1. The molecule has 108 valence electrons. The third kappa shape index (κ3) is 2.56. The maximum absolute atomic E-state index is 11.9. The number of esters is 1. The van der Waals surface area contributed by atoms with Crippen LogP contribution in [-0.4, -0.2) is 22.1 Å². The number of hydrogen-bond acceptors (Lipinski definition) is 5. The van der Waals surface area contributed by atoms with E-state index in [9.17, 15) is 4.79 Å². The molecule has 0 aliphatic rings. The van der Waals surface area contributed by atoms with Crippen molar-refractivity contribution in [2.24, 2.45) is 0 Å². The minimum atomic E-state index is -0.465. The van der Waals surface area contributed by atoms with Crippen LogP contribution in [0.1, 0.15) is 47.5 Å². The first-order valence-corrected chi connectivity index (χ1v) is 7.52. The molecule has 0 saturated carbocycles. The first-order chi connectivity index (χ1) is 9.60. The van der Waals surface area contributed by atoms with Gasteiger partial charge in [-0.2, -0.15) is 0 Å². The Balaban J connectivity index is 2.44. The molecule has 20 heavy (non-hydrogen) atoms. The van der Waals surface area contributed by atoms with Crippen LogP contribution in [0.3, 0.4) is 0 Å². The number of anilines is 1. The quantitative estimate of drug-likeness (QED) is 0.860. The number of rotatable bonds is 5. The molecule has 1 atom stereocenters. The van der Waals surface area contributed by atoms with Gasteiger partial charge in [0.05, 0.1) is 12.6 Å². The van der Waals surface area contributed by atoms with Crippen molar-refractivity contribution in [2.75, 3.05) is 12.3 Å². The fraction of sp³-hybridized carbons (Fsp3) is 0.429. The number of imidazole rings is 1. The molecule has 0 radical (unpaired) electrons. The predicted octanol–water partition coefficient (Wildman–Crippen LogP) is 3.01. The Labute approximate surface area is 122 Å². The van der Waals surface area contributed by atoms with E-state index < -0.39 is 5.97 Å². The number of nitrogen functional groups attached to an aromatic ring is 1. The monoisotopic (exact) mass is 293 g/mol. The van der Waals surface area contributed by atoms with Crippen molar-refractivity contribution in [3.63, 3.8) is 0 Å². The van der Waals surface area contributed by atoms with Gasteiger partial charge in [-0.15, -0.1) is 11.3 Å². The lowest BCUT2D eigenvalue weighted by Gasteiger charge is -2.18. The lowest BCUT2D eigenvalue weighted by atomic mass is 10.2. The molecule has 0 aromatic carbocycles. The maximum atomic E-state index is 11.9. The van der Waals surface area contributed by atoms with Crippen molar-refractivity contribution in [1.82, 2.24) is 9.55 Å². The zero-order valence-corrected chi connectivity index (χ0v) is 12.7. The highest BCUT2D eigenvalue weighted by molar-refractivity contribution is 7.10. The van der Waals surface area contributed by atoms with Gasteiger partial charge in [0.25, 0.3) is 0 Å². The van der Waals surface area contributed by atoms with Crippen LogP contribution in [0.2, 0.25) is 0 Å². The van der Waals surface area contributed by atoms with Crippen molar-refractivity contribution in [3.05, 3.63) is 33.9 Å². The molecule has 0 bridgehead atoms. The average molecular weight is 293 g/mol. The lowest BCUT2D eigenvalue weighted by Crippen LogP contribution is -2.14. The Hall–Kier alpha value is -1.82. The van der Waals surface area contributed by atoms with Crippen molar-refractivity contribution < 1.29 is 9.53 Å². The van der Waals surface area contributed by atoms with E-state index in [0.29, 0.717) is 12.4 Å². The minimum Gasteiger partial charge on any atom is -0.461 e. The first-order valence-electron chi connectivity index (χ1n) is 6.64. The minimum absolute atomic E-state index is 0.102. The summed E-state index contributed by atoms with van der Waals surface area (Å²) in [5.74, 6) is 0.639. The van der Waals surface area contributed by atoms with Crippen LogP contribution in [0.15, 0.2) is 17.5 Å². The largest absolute Gasteiger partial charge is 0.461 e. The second-order valence-electron chi connectivity index (χ2n) is 4.42. The zero-order valence-electron chi connectivity index (χ0n) is 11.9. The van der Waals surface area contributed by atoms with Crippen molar-refractivity contribution >= 4 is 23.1 Å². The van der Waals surface area contributed by atoms with Gasteiger partial charge in [-0.25, -0.2) is 9.78 Å². The van der Waals surface area contributed by atoms with Crippen LogP contribution >= 0.6 is 11.3 Å². The molecule has 0 spiro atoms. The Kier molecular flexibility index (Phi) is 4.44. The van der Waals surface area contributed by atoms with Crippen LogP contribution < -0.4 is 5.73 Å². The van der Waals surface area contributed by atoms with E-state index in [-0.39, 0.29) is 11.7 Å². The van der Waals surface area contributed by atoms with E-state index in [4.69, 9.17) is 10.5 Å². The number of hydrogen-bond donors (Lipinski definition) is 1. The predicted molar refractivity (Wildman–Crippen MR) is 80.1 cm³/mol. The van der Waals surface area contributed by atoms with Crippen LogP contribution in [0.5, 0.6) is 0 Å². The summed E-state index contributed by atoms with van der Waals surface area (Å²) in [6.07, 6.45) is 0.879. The molecule has 2 aromatic heterocycles. The maximum Gasteiger partial charge on any atom is 0.360 e. The molecule has 2 heterocycles. The van der Waals surface area contributed by atoms with Gasteiger partial charge >= 0.3 is 5.97 Å². The van der Waals surface area contributed by atoms with E-state index in [2.05, 4.69) is 18.0 Å². The second kappa shape index (κ2) is 6.09. The van der Waals surface area contributed by atoms with Crippen LogP contribution in [0.4, 0.5) is 5.82 Å². The van der Waals surface area contributed by atoms with Crippen LogP contribution in [0, 0.1) is 6.92 Å². The fourth-order valence-corrected chi connectivity index (χ4v) is 3.20. The average Bonchev–Trinajstić information content (AvgIpc) is 3.03. The summed E-state index contributed by atoms with van der Waals surface area (Å²) < 4.78 is 6.90. The molecular weight excluding hydrogens is 274 g/mol. The fourth-order valence-electron chi connectivity index (χ4n) is 2.30. The number of aromatic nitrogens is 2. The number of thiophene rings is 1. The molecule has 0 aliphatic carbocycles. The first kappa shape index (κ1) is 14.6. The van der Waals surface area contributed by atoms with E-state index in [1.54, 1.807) is 18.3 Å². The normalized spacial score (nSPS) is 12.3. The van der Waals surface area contributed by atoms with E-state index in [1.807, 2.05) is 22.9 Å². The van der Waals surface area contributed by atoms with Crippen LogP contribution in [0.25, 0.3) is 0 Å². The molecular formula is C14H19N3O2S. The van der Waals surface area contributed by atoms with Gasteiger partial charge in [0.15, 0.2) is 5.69 Å². The summed E-state index contributed by atoms with van der Waals surface area (Å²) in [6, 6.07) is 4.18. The molecule has 6 heteroatoms. The van der Waals surface area contributed by atoms with Crippen molar-refractivity contribution in [1.29, 1.82) is 0 Å². The lowest BCUT2D eigenvalue weighted by molar-refractivity contribution is 0.0521. The third-order valence-electron chi connectivity index (χ3n) is 3.16. The highest BCUT2D eigenvalue weighted by Gasteiger charge is 2.24. The smallest absolute Gasteiger partial charge is 0.360 e. The summed E-state index contributed by atoms with van der Waals surface area (Å²) in [5, 5.41) is 2.03. The van der Waals surface area contributed by atoms with Gasteiger partial charge in [0.1, 0.15) is 11.6 Å². The topological polar surface area (TPSA) is 70.1 Å². The highest BCUT2D eigenvalue weighted by Crippen LogP contribution is 2.31. The van der Waals surface area contributed by atoms with E-state index in [0.717, 1.165) is 12.2 Å². The van der Waals surface area contributed by atoms with E-state index >= 15 is 0 Å². The van der Waals surface area contributed by atoms with Gasteiger partial charge < -0.3 is 15.0 Å². The SMILES string of the molecule is CCOC(=O)c1nc(C)n(C(CC)c2cccs2)c1N. The second-order valence-corrected chi connectivity index (χ2v) is 5.40. The zero-order chi connectivity index (χ0) is 14.7. The molecule has 0 fully saturated rings. The molecule has 2 rings (SSSR count). The summed E-state index contributed by atoms with van der Waals surface area (Å²) in [4.78, 5) is 17.3. The Morgan fingerprint density at radius 1 is 1.55 bits per heavy atom. The summed E-state index contributed by atoms with van der Waals surface area (Å²) >= 11 is 1.68. The number of carbonyl (C=O) groups excluding carboxylic acids is 1. The summed E-state index contributed by atoms with van der Waals surface area (Å²) in [6.45, 7) is 6.02. The number of nitrogens with zero attached hydrogens (tertiary/aromatic N) is 2. The van der Waals surface area contributed by atoms with Gasteiger partial charge in [-0.1, -0.05) is 13.0 Å².